The molecular weight excluding hydrogens is 186 g/mol. The molecule has 0 aromatic carbocycles. The average molecular weight is 207 g/mol. The summed E-state index contributed by atoms with van der Waals surface area (Å²) in [4.78, 5) is 8.84. The van der Waals surface area contributed by atoms with Gasteiger partial charge in [0.2, 0.25) is 0 Å². The molecule has 15 heavy (non-hydrogen) atoms. The van der Waals surface area contributed by atoms with Crippen LogP contribution in [-0.2, 0) is 6.54 Å². The van der Waals surface area contributed by atoms with Crippen LogP contribution in [0.1, 0.15) is 51.6 Å². The van der Waals surface area contributed by atoms with Gasteiger partial charge in [-0.2, -0.15) is 0 Å². The van der Waals surface area contributed by atoms with E-state index >= 15 is 0 Å². The van der Waals surface area contributed by atoms with Crippen molar-refractivity contribution in [3.8, 4) is 0 Å². The van der Waals surface area contributed by atoms with Gasteiger partial charge in [0.15, 0.2) is 0 Å². The minimum absolute atomic E-state index is 0.448. The number of nitrogens with one attached hydrogen (secondary N) is 1. The summed E-state index contributed by atoms with van der Waals surface area (Å²) in [7, 11) is 0. The van der Waals surface area contributed by atoms with Gasteiger partial charge in [0.05, 0.1) is 5.69 Å². The van der Waals surface area contributed by atoms with E-state index in [1.807, 2.05) is 12.3 Å². The highest BCUT2D eigenvalue weighted by atomic mass is 14.9. The molecule has 84 valence electrons. The second-order valence-electron chi connectivity index (χ2n) is 4.25. The maximum Gasteiger partial charge on any atom is 0.131 e. The van der Waals surface area contributed by atoms with E-state index < -0.39 is 0 Å². The van der Waals surface area contributed by atoms with Gasteiger partial charge in [-0.15, -0.1) is 0 Å². The van der Waals surface area contributed by atoms with E-state index in [-0.39, 0.29) is 0 Å². The van der Waals surface area contributed by atoms with Crippen LogP contribution in [0.25, 0.3) is 0 Å². The molecule has 3 heteroatoms. The number of nitrogens with zero attached hydrogens (tertiary/aromatic N) is 2. The van der Waals surface area contributed by atoms with Crippen LogP contribution in [0.15, 0.2) is 12.3 Å². The topological polar surface area (TPSA) is 37.8 Å². The zero-order chi connectivity index (χ0) is 11.3. The minimum Gasteiger partial charge on any atom is -0.309 e. The Morgan fingerprint density at radius 3 is 2.67 bits per heavy atom. The first-order chi connectivity index (χ1) is 7.13. The van der Waals surface area contributed by atoms with Gasteiger partial charge in [-0.05, 0) is 12.5 Å². The van der Waals surface area contributed by atoms with E-state index in [0.717, 1.165) is 24.5 Å². The Morgan fingerprint density at radius 2 is 2.07 bits per heavy atom. The molecular formula is C12H21N3. The fourth-order valence-corrected chi connectivity index (χ4v) is 1.24. The molecule has 0 spiro atoms. The lowest BCUT2D eigenvalue weighted by Gasteiger charge is -2.10. The first-order valence-corrected chi connectivity index (χ1v) is 5.68. The van der Waals surface area contributed by atoms with Crippen LogP contribution in [-0.4, -0.2) is 16.0 Å². The van der Waals surface area contributed by atoms with E-state index in [9.17, 15) is 0 Å². The van der Waals surface area contributed by atoms with Gasteiger partial charge in [0, 0.05) is 24.7 Å². The van der Waals surface area contributed by atoms with Crippen molar-refractivity contribution in [2.45, 2.75) is 52.6 Å². The van der Waals surface area contributed by atoms with Crippen LogP contribution in [0, 0.1) is 0 Å². The summed E-state index contributed by atoms with van der Waals surface area (Å²) >= 11 is 0. The van der Waals surface area contributed by atoms with Crippen molar-refractivity contribution in [2.75, 3.05) is 0 Å². The molecule has 1 aromatic rings. The van der Waals surface area contributed by atoms with E-state index in [2.05, 4.69) is 43.0 Å². The van der Waals surface area contributed by atoms with E-state index in [1.165, 1.54) is 0 Å². The minimum atomic E-state index is 0.448. The number of hydrogen-bond acceptors (Lipinski definition) is 3. The predicted octanol–water partition coefficient (Wildman–Crippen LogP) is 2.49. The van der Waals surface area contributed by atoms with Crippen LogP contribution >= 0.6 is 0 Å². The molecule has 1 atom stereocenters. The van der Waals surface area contributed by atoms with Crippen molar-refractivity contribution in [1.29, 1.82) is 0 Å². The highest BCUT2D eigenvalue weighted by molar-refractivity contribution is 5.04. The fourth-order valence-electron chi connectivity index (χ4n) is 1.24. The van der Waals surface area contributed by atoms with Crippen LogP contribution in [0.2, 0.25) is 0 Å². The lowest BCUT2D eigenvalue weighted by Crippen LogP contribution is -2.22. The second kappa shape index (κ2) is 5.81. The maximum absolute atomic E-state index is 4.54. The van der Waals surface area contributed by atoms with Crippen LogP contribution in [0.4, 0.5) is 0 Å². The molecule has 0 fully saturated rings. The van der Waals surface area contributed by atoms with E-state index in [1.54, 1.807) is 0 Å². The first kappa shape index (κ1) is 12.1. The number of hydrogen-bond donors (Lipinski definition) is 1. The maximum atomic E-state index is 4.54. The molecule has 3 nitrogen and oxygen atoms in total. The van der Waals surface area contributed by atoms with Crippen LogP contribution < -0.4 is 5.32 Å². The van der Waals surface area contributed by atoms with Gasteiger partial charge in [-0.1, -0.05) is 27.7 Å². The molecule has 1 rings (SSSR count). The molecule has 0 aliphatic carbocycles. The molecule has 0 aliphatic heterocycles. The monoisotopic (exact) mass is 207 g/mol. The molecule has 1 aromatic heterocycles. The van der Waals surface area contributed by atoms with Gasteiger partial charge in [0.25, 0.3) is 0 Å². The summed E-state index contributed by atoms with van der Waals surface area (Å²) in [6, 6.07) is 2.47. The predicted molar refractivity (Wildman–Crippen MR) is 62.7 cm³/mol. The smallest absolute Gasteiger partial charge is 0.131 e. The van der Waals surface area contributed by atoms with E-state index in [0.29, 0.717) is 12.0 Å². The Bertz CT molecular complexity index is 297. The molecule has 1 N–H and O–H groups in total. The quantitative estimate of drug-likeness (QED) is 0.806. The summed E-state index contributed by atoms with van der Waals surface area (Å²) in [6.07, 6.45) is 2.94. The largest absolute Gasteiger partial charge is 0.309 e. The normalized spacial score (nSPS) is 13.1. The van der Waals surface area contributed by atoms with Gasteiger partial charge < -0.3 is 5.32 Å². The number of aromatic nitrogens is 2. The Kier molecular flexibility index (Phi) is 4.69. The molecule has 1 heterocycles. The molecule has 0 amide bonds. The molecule has 1 unspecified atom stereocenters. The van der Waals surface area contributed by atoms with Crippen LogP contribution in [0.5, 0.6) is 0 Å². The zero-order valence-electron chi connectivity index (χ0n) is 10.1. The molecule has 0 aliphatic rings. The molecule has 0 saturated heterocycles. The van der Waals surface area contributed by atoms with Crippen molar-refractivity contribution < 1.29 is 0 Å². The zero-order valence-corrected chi connectivity index (χ0v) is 10.1. The van der Waals surface area contributed by atoms with Crippen molar-refractivity contribution >= 4 is 0 Å². The lowest BCUT2D eigenvalue weighted by atomic mass is 10.1. The molecule has 0 radical (unpaired) electrons. The Balaban J connectivity index is 2.65. The highest BCUT2D eigenvalue weighted by Crippen LogP contribution is 2.13. The van der Waals surface area contributed by atoms with Gasteiger partial charge in [-0.25, -0.2) is 9.97 Å². The third-order valence-electron chi connectivity index (χ3n) is 2.48. The lowest BCUT2D eigenvalue weighted by molar-refractivity contribution is 0.574. The third-order valence-corrected chi connectivity index (χ3v) is 2.48. The Hall–Kier alpha value is -0.960. The first-order valence-electron chi connectivity index (χ1n) is 5.68. The number of rotatable bonds is 5. The van der Waals surface area contributed by atoms with E-state index in [4.69, 9.17) is 0 Å². The Morgan fingerprint density at radius 1 is 1.33 bits per heavy atom. The van der Waals surface area contributed by atoms with Gasteiger partial charge >= 0.3 is 0 Å². The molecule has 0 saturated carbocycles. The van der Waals surface area contributed by atoms with Crippen LogP contribution in [0.3, 0.4) is 0 Å². The van der Waals surface area contributed by atoms with Gasteiger partial charge in [-0.3, -0.25) is 0 Å². The van der Waals surface area contributed by atoms with Crippen molar-refractivity contribution in [1.82, 2.24) is 15.3 Å². The molecule has 0 bridgehead atoms. The van der Waals surface area contributed by atoms with Crippen molar-refractivity contribution in [2.24, 2.45) is 0 Å². The van der Waals surface area contributed by atoms with Crippen molar-refractivity contribution in [3.05, 3.63) is 23.8 Å². The fraction of sp³-hybridized carbons (Fsp3) is 0.667. The third kappa shape index (κ3) is 3.96. The summed E-state index contributed by atoms with van der Waals surface area (Å²) in [6.45, 7) is 9.42. The Labute approximate surface area is 92.3 Å². The standard InChI is InChI=1S/C12H21N3/c1-5-10(4)12-13-7-6-11(15-12)8-14-9(2)3/h6-7,9-10,14H,5,8H2,1-4H3. The van der Waals surface area contributed by atoms with Gasteiger partial charge in [0.1, 0.15) is 5.82 Å². The van der Waals surface area contributed by atoms with Crippen molar-refractivity contribution in [3.63, 3.8) is 0 Å². The summed E-state index contributed by atoms with van der Waals surface area (Å²) in [5, 5.41) is 3.36. The SMILES string of the molecule is CCC(C)c1nccc(CNC(C)C)n1. The highest BCUT2D eigenvalue weighted by Gasteiger charge is 2.06. The summed E-state index contributed by atoms with van der Waals surface area (Å²) in [5.74, 6) is 1.41. The summed E-state index contributed by atoms with van der Waals surface area (Å²) in [5.41, 5.74) is 1.08. The second-order valence-corrected chi connectivity index (χ2v) is 4.25. The average Bonchev–Trinajstić information content (AvgIpc) is 2.25. The summed E-state index contributed by atoms with van der Waals surface area (Å²) < 4.78 is 0.